The first-order valence-electron chi connectivity index (χ1n) is 9.55. The lowest BCUT2D eigenvalue weighted by Gasteiger charge is -2.33. The minimum absolute atomic E-state index is 0.0992. The van der Waals surface area contributed by atoms with E-state index >= 15 is 0 Å². The molecule has 5 heterocycles. The van der Waals surface area contributed by atoms with Crippen LogP contribution >= 0.6 is 11.3 Å². The molecule has 0 amide bonds. The molecule has 2 saturated heterocycles. The van der Waals surface area contributed by atoms with Gasteiger partial charge in [0.15, 0.2) is 16.3 Å². The van der Waals surface area contributed by atoms with Gasteiger partial charge >= 0.3 is 0 Å². The molecule has 2 fully saturated rings. The van der Waals surface area contributed by atoms with Crippen LogP contribution in [0.4, 0.5) is 4.39 Å². The number of H-pyrrole nitrogens is 1. The van der Waals surface area contributed by atoms with Gasteiger partial charge in [-0.3, -0.25) is 4.79 Å². The summed E-state index contributed by atoms with van der Waals surface area (Å²) in [6, 6.07) is 1.67. The van der Waals surface area contributed by atoms with Gasteiger partial charge in [-0.05, 0) is 31.8 Å². The van der Waals surface area contributed by atoms with Crippen molar-refractivity contribution in [3.05, 3.63) is 46.0 Å². The number of allylic oxidation sites excluding steroid dienone is 1. The third-order valence-electron chi connectivity index (χ3n) is 5.68. The van der Waals surface area contributed by atoms with Gasteiger partial charge in [0.05, 0.1) is 17.5 Å². The van der Waals surface area contributed by atoms with E-state index in [0.29, 0.717) is 33.0 Å². The minimum atomic E-state index is -0.971. The van der Waals surface area contributed by atoms with Crippen molar-refractivity contribution in [2.24, 2.45) is 5.92 Å². The number of rotatable bonds is 4. The van der Waals surface area contributed by atoms with Gasteiger partial charge in [-0.25, -0.2) is 4.39 Å². The van der Waals surface area contributed by atoms with Gasteiger partial charge in [-0.2, -0.15) is 10.2 Å². The fourth-order valence-corrected chi connectivity index (χ4v) is 5.06. The van der Waals surface area contributed by atoms with Gasteiger partial charge in [0.2, 0.25) is 0 Å². The van der Waals surface area contributed by atoms with Crippen LogP contribution in [0.5, 0.6) is 0 Å². The number of aromatic amines is 1. The Morgan fingerprint density at radius 1 is 1.38 bits per heavy atom. The number of nitrogens with one attached hydrogen (secondary N) is 2. The van der Waals surface area contributed by atoms with Crippen LogP contribution in [-0.4, -0.2) is 48.4 Å². The van der Waals surface area contributed by atoms with Gasteiger partial charge in [0.1, 0.15) is 11.2 Å². The number of hydrogen-bond acceptors (Lipinski definition) is 7. The third-order valence-corrected chi connectivity index (χ3v) is 6.71. The largest absolute Gasteiger partial charge is 0.344 e. The lowest BCUT2D eigenvalue weighted by Crippen LogP contribution is -2.47. The molecular weight excluding hydrogens is 393 g/mol. The second kappa shape index (κ2) is 6.96. The molecule has 3 aromatic heterocycles. The SMILES string of the molecule is C=C(c1nnc(-c2c[nH]c(-n3ncc(C)n3)cc2=O)s1)[C@H]1CC2CCC(N2)[C@@H]1F. The predicted octanol–water partition coefficient (Wildman–Crippen LogP) is 2.27. The summed E-state index contributed by atoms with van der Waals surface area (Å²) in [7, 11) is 0. The van der Waals surface area contributed by atoms with E-state index in [1.165, 1.54) is 22.2 Å². The fraction of sp³-hybridized carbons (Fsp3) is 0.421. The number of alkyl halides is 1. The number of hydrogen-bond donors (Lipinski definition) is 2. The summed E-state index contributed by atoms with van der Waals surface area (Å²) in [6.45, 7) is 5.94. The fourth-order valence-electron chi connectivity index (χ4n) is 4.16. The van der Waals surface area contributed by atoms with Crippen molar-refractivity contribution < 1.29 is 4.39 Å². The Hall–Kier alpha value is -2.72. The molecule has 0 radical (unpaired) electrons. The van der Waals surface area contributed by atoms with E-state index < -0.39 is 6.17 Å². The number of halogens is 1. The molecule has 5 rings (SSSR count). The maximum atomic E-state index is 14.8. The Morgan fingerprint density at radius 2 is 2.24 bits per heavy atom. The van der Waals surface area contributed by atoms with E-state index in [1.54, 1.807) is 12.4 Å². The standard InChI is InChI=1S/C19H20FN7OS/c1-9-7-22-27(26-9)16-6-15(28)13(8-21-16)19-25-24-18(29-19)10(2)12-5-11-3-4-14(23-11)17(12)20/h6-8,11-12,14,17,23H,2-5H2,1H3,(H,21,28)/t11?,12-,14?,17-/m1/s1. The molecule has 8 nitrogen and oxygen atoms in total. The zero-order chi connectivity index (χ0) is 20.1. The van der Waals surface area contributed by atoms with Gasteiger partial charge in [-0.1, -0.05) is 17.9 Å². The molecule has 2 N–H and O–H groups in total. The van der Waals surface area contributed by atoms with E-state index in [-0.39, 0.29) is 17.4 Å². The van der Waals surface area contributed by atoms with Crippen molar-refractivity contribution in [1.29, 1.82) is 0 Å². The van der Waals surface area contributed by atoms with Crippen LogP contribution in [0.2, 0.25) is 0 Å². The zero-order valence-corrected chi connectivity index (χ0v) is 16.6. The number of fused-ring (bicyclic) bond motifs is 2. The van der Waals surface area contributed by atoms with Gasteiger partial charge in [0, 0.05) is 30.3 Å². The van der Waals surface area contributed by atoms with Crippen molar-refractivity contribution in [3.8, 4) is 16.4 Å². The lowest BCUT2D eigenvalue weighted by atomic mass is 9.85. The maximum absolute atomic E-state index is 14.8. The van der Waals surface area contributed by atoms with Crippen LogP contribution in [0.15, 0.2) is 29.8 Å². The molecule has 2 bridgehead atoms. The van der Waals surface area contributed by atoms with Crippen LogP contribution in [0, 0.1) is 12.8 Å². The molecule has 2 aliphatic rings. The number of aromatic nitrogens is 6. The van der Waals surface area contributed by atoms with E-state index in [9.17, 15) is 9.18 Å². The van der Waals surface area contributed by atoms with Crippen LogP contribution in [0.1, 0.15) is 30.0 Å². The summed E-state index contributed by atoms with van der Waals surface area (Å²) >= 11 is 1.27. The highest BCUT2D eigenvalue weighted by Crippen LogP contribution is 2.41. The zero-order valence-electron chi connectivity index (χ0n) is 15.8. The van der Waals surface area contributed by atoms with Crippen molar-refractivity contribution in [1.82, 2.24) is 35.5 Å². The lowest BCUT2D eigenvalue weighted by molar-refractivity contribution is 0.167. The molecule has 2 aliphatic heterocycles. The van der Waals surface area contributed by atoms with E-state index in [4.69, 9.17) is 0 Å². The molecule has 4 atom stereocenters. The smallest absolute Gasteiger partial charge is 0.194 e. The molecule has 0 spiro atoms. The van der Waals surface area contributed by atoms with Crippen LogP contribution in [0.3, 0.4) is 0 Å². The van der Waals surface area contributed by atoms with Crippen molar-refractivity contribution in [3.63, 3.8) is 0 Å². The van der Waals surface area contributed by atoms with Gasteiger partial charge in [0.25, 0.3) is 0 Å². The van der Waals surface area contributed by atoms with Crippen LogP contribution in [0.25, 0.3) is 22.0 Å². The van der Waals surface area contributed by atoms with Crippen molar-refractivity contribution in [2.45, 2.75) is 44.4 Å². The topological polar surface area (TPSA) is 101 Å². The second-order valence-electron chi connectivity index (χ2n) is 7.64. The third kappa shape index (κ3) is 3.22. The summed E-state index contributed by atoms with van der Waals surface area (Å²) in [5.74, 6) is 0.204. The van der Waals surface area contributed by atoms with E-state index in [0.717, 1.165) is 25.0 Å². The first-order valence-corrected chi connectivity index (χ1v) is 10.4. The minimum Gasteiger partial charge on any atom is -0.344 e. The quantitative estimate of drug-likeness (QED) is 0.680. The molecule has 2 unspecified atom stereocenters. The maximum Gasteiger partial charge on any atom is 0.194 e. The highest BCUT2D eigenvalue weighted by Gasteiger charge is 2.43. The first kappa shape index (κ1) is 18.3. The molecule has 0 saturated carbocycles. The van der Waals surface area contributed by atoms with Gasteiger partial charge < -0.3 is 10.3 Å². The molecule has 10 heteroatoms. The molecule has 29 heavy (non-hydrogen) atoms. The number of piperidine rings is 1. The van der Waals surface area contributed by atoms with E-state index in [2.05, 4.69) is 37.3 Å². The number of aryl methyl sites for hydroxylation is 1. The van der Waals surface area contributed by atoms with Crippen molar-refractivity contribution >= 4 is 16.9 Å². The Labute approximate surface area is 169 Å². The Morgan fingerprint density at radius 3 is 3.00 bits per heavy atom. The second-order valence-corrected chi connectivity index (χ2v) is 8.62. The van der Waals surface area contributed by atoms with Crippen LogP contribution in [-0.2, 0) is 0 Å². The van der Waals surface area contributed by atoms with E-state index in [1.807, 2.05) is 6.92 Å². The summed E-state index contributed by atoms with van der Waals surface area (Å²) < 4.78 is 14.8. The van der Waals surface area contributed by atoms with Gasteiger partial charge in [-0.15, -0.1) is 15.0 Å². The Kier molecular flexibility index (Phi) is 4.39. The number of pyridine rings is 1. The Bertz CT molecular complexity index is 1140. The number of nitrogens with zero attached hydrogens (tertiary/aromatic N) is 5. The summed E-state index contributed by atoms with van der Waals surface area (Å²) in [5, 5.41) is 21.0. The first-order chi connectivity index (χ1) is 14.0. The molecule has 0 aromatic carbocycles. The summed E-state index contributed by atoms with van der Waals surface area (Å²) in [5.41, 5.74) is 1.60. The highest BCUT2D eigenvalue weighted by atomic mass is 32.1. The Balaban J connectivity index is 1.40. The monoisotopic (exact) mass is 413 g/mol. The highest BCUT2D eigenvalue weighted by molar-refractivity contribution is 7.15. The predicted molar refractivity (Wildman–Crippen MR) is 108 cm³/mol. The molecule has 3 aromatic rings. The van der Waals surface area contributed by atoms with Crippen LogP contribution < -0.4 is 10.7 Å². The average molecular weight is 413 g/mol. The average Bonchev–Trinajstić information content (AvgIpc) is 3.44. The summed E-state index contributed by atoms with van der Waals surface area (Å²) in [6.07, 6.45) is 4.80. The molecular formula is C19H20FN7OS. The van der Waals surface area contributed by atoms with Crippen molar-refractivity contribution in [2.75, 3.05) is 0 Å². The summed E-state index contributed by atoms with van der Waals surface area (Å²) in [4.78, 5) is 17.0. The normalized spacial score (nSPS) is 26.0. The molecule has 150 valence electrons. The molecule has 0 aliphatic carbocycles.